The standard InChI is InChI=1S/C18H19N3O3S/c1-11(18(23)24)9-19-16(22)15-8-14-12(2)20-21(17(14)25-15)10-13-6-4-3-5-7-13/h3-8,11H,9-10H2,1-2H3,(H,19,22)(H,23,24). The van der Waals surface area contributed by atoms with E-state index in [0.29, 0.717) is 11.4 Å². The first kappa shape index (κ1) is 17.2. The Morgan fingerprint density at radius 2 is 2.04 bits per heavy atom. The number of carbonyl (C=O) groups excluding carboxylic acids is 1. The fourth-order valence-electron chi connectivity index (χ4n) is 2.51. The number of benzene rings is 1. The number of amides is 1. The van der Waals surface area contributed by atoms with Crippen LogP contribution in [0.4, 0.5) is 0 Å². The van der Waals surface area contributed by atoms with Gasteiger partial charge in [0.25, 0.3) is 5.91 Å². The van der Waals surface area contributed by atoms with Crippen LogP contribution < -0.4 is 5.32 Å². The van der Waals surface area contributed by atoms with Gasteiger partial charge in [0.1, 0.15) is 4.83 Å². The molecule has 1 atom stereocenters. The highest BCUT2D eigenvalue weighted by molar-refractivity contribution is 7.20. The average molecular weight is 357 g/mol. The van der Waals surface area contributed by atoms with Gasteiger partial charge in [0.2, 0.25) is 0 Å². The van der Waals surface area contributed by atoms with Crippen LogP contribution in [0.15, 0.2) is 36.4 Å². The van der Waals surface area contributed by atoms with Crippen molar-refractivity contribution in [2.75, 3.05) is 6.54 Å². The van der Waals surface area contributed by atoms with Crippen molar-refractivity contribution in [2.24, 2.45) is 5.92 Å². The summed E-state index contributed by atoms with van der Waals surface area (Å²) in [5.74, 6) is -1.79. The average Bonchev–Trinajstić information content (AvgIpc) is 3.15. The zero-order valence-electron chi connectivity index (χ0n) is 14.0. The Kier molecular flexibility index (Phi) is 4.85. The number of nitrogens with one attached hydrogen (secondary N) is 1. The first-order valence-electron chi connectivity index (χ1n) is 7.97. The van der Waals surface area contributed by atoms with Gasteiger partial charge in [0.05, 0.1) is 23.0 Å². The summed E-state index contributed by atoms with van der Waals surface area (Å²) in [7, 11) is 0. The zero-order chi connectivity index (χ0) is 18.0. The lowest BCUT2D eigenvalue weighted by Crippen LogP contribution is -2.30. The highest BCUT2D eigenvalue weighted by Gasteiger charge is 2.18. The normalized spacial score (nSPS) is 12.2. The molecule has 3 aromatic rings. The van der Waals surface area contributed by atoms with Crippen molar-refractivity contribution >= 4 is 33.4 Å². The minimum Gasteiger partial charge on any atom is -0.481 e. The summed E-state index contributed by atoms with van der Waals surface area (Å²) in [5, 5.41) is 17.1. The minimum absolute atomic E-state index is 0.109. The van der Waals surface area contributed by atoms with Crippen molar-refractivity contribution in [3.05, 3.63) is 52.5 Å². The van der Waals surface area contributed by atoms with Crippen molar-refractivity contribution in [2.45, 2.75) is 20.4 Å². The number of fused-ring (bicyclic) bond motifs is 1. The number of carbonyl (C=O) groups is 2. The molecule has 0 saturated heterocycles. The fourth-order valence-corrected chi connectivity index (χ4v) is 3.59. The molecule has 0 aliphatic rings. The Hall–Kier alpha value is -2.67. The van der Waals surface area contributed by atoms with Gasteiger partial charge in [0.15, 0.2) is 0 Å². The van der Waals surface area contributed by atoms with Crippen molar-refractivity contribution in [3.8, 4) is 0 Å². The molecule has 0 fully saturated rings. The van der Waals surface area contributed by atoms with Crippen LogP contribution in [-0.4, -0.2) is 33.3 Å². The lowest BCUT2D eigenvalue weighted by molar-refractivity contribution is -0.140. The number of carboxylic acids is 1. The van der Waals surface area contributed by atoms with E-state index in [9.17, 15) is 9.59 Å². The molecule has 0 radical (unpaired) electrons. The molecule has 1 amide bonds. The molecule has 0 spiro atoms. The number of hydrogen-bond acceptors (Lipinski definition) is 4. The Morgan fingerprint density at radius 3 is 2.72 bits per heavy atom. The highest BCUT2D eigenvalue weighted by atomic mass is 32.1. The van der Waals surface area contributed by atoms with Gasteiger partial charge >= 0.3 is 5.97 Å². The summed E-state index contributed by atoms with van der Waals surface area (Å²) in [6, 6.07) is 11.8. The molecule has 2 aromatic heterocycles. The number of aryl methyl sites for hydroxylation is 1. The number of rotatable bonds is 6. The number of carboxylic acid groups (broad SMARTS) is 1. The van der Waals surface area contributed by atoms with Gasteiger partial charge in [-0.2, -0.15) is 5.10 Å². The Morgan fingerprint density at radius 1 is 1.32 bits per heavy atom. The summed E-state index contributed by atoms with van der Waals surface area (Å²) >= 11 is 1.37. The largest absolute Gasteiger partial charge is 0.481 e. The molecule has 0 aliphatic carbocycles. The Bertz CT molecular complexity index is 914. The molecule has 25 heavy (non-hydrogen) atoms. The van der Waals surface area contributed by atoms with Crippen LogP contribution in [0, 0.1) is 12.8 Å². The van der Waals surface area contributed by atoms with Crippen LogP contribution in [0.5, 0.6) is 0 Å². The second-order valence-corrected chi connectivity index (χ2v) is 7.04. The second-order valence-electron chi connectivity index (χ2n) is 6.01. The van der Waals surface area contributed by atoms with E-state index < -0.39 is 11.9 Å². The predicted octanol–water partition coefficient (Wildman–Crippen LogP) is 2.91. The van der Waals surface area contributed by atoms with Crippen molar-refractivity contribution in [3.63, 3.8) is 0 Å². The van der Waals surface area contributed by atoms with Gasteiger partial charge in [-0.1, -0.05) is 37.3 Å². The first-order valence-corrected chi connectivity index (χ1v) is 8.79. The quantitative estimate of drug-likeness (QED) is 0.710. The SMILES string of the molecule is Cc1nn(Cc2ccccc2)c2sc(C(=O)NCC(C)C(=O)O)cc12. The Labute approximate surface area is 149 Å². The summed E-state index contributed by atoms with van der Waals surface area (Å²) in [6.45, 7) is 4.24. The topological polar surface area (TPSA) is 84.2 Å². The molecule has 3 rings (SSSR count). The maximum Gasteiger partial charge on any atom is 0.308 e. The van der Waals surface area contributed by atoms with E-state index in [4.69, 9.17) is 5.11 Å². The van der Waals surface area contributed by atoms with Crippen molar-refractivity contribution < 1.29 is 14.7 Å². The Balaban J connectivity index is 1.81. The summed E-state index contributed by atoms with van der Waals surface area (Å²) in [4.78, 5) is 24.7. The van der Waals surface area contributed by atoms with E-state index in [-0.39, 0.29) is 12.5 Å². The van der Waals surface area contributed by atoms with Gasteiger partial charge in [-0.05, 0) is 18.6 Å². The molecule has 130 valence electrons. The summed E-state index contributed by atoms with van der Waals surface area (Å²) in [5.41, 5.74) is 2.02. The summed E-state index contributed by atoms with van der Waals surface area (Å²) < 4.78 is 1.90. The molecule has 2 N–H and O–H groups in total. The molecule has 0 bridgehead atoms. The minimum atomic E-state index is -0.925. The van der Waals surface area contributed by atoms with Crippen LogP contribution in [-0.2, 0) is 11.3 Å². The molecule has 7 heteroatoms. The lowest BCUT2D eigenvalue weighted by Gasteiger charge is -2.07. The number of hydrogen-bond donors (Lipinski definition) is 2. The number of nitrogens with zero attached hydrogens (tertiary/aromatic N) is 2. The van der Waals surface area contributed by atoms with E-state index in [2.05, 4.69) is 10.4 Å². The molecule has 0 saturated carbocycles. The zero-order valence-corrected chi connectivity index (χ0v) is 14.8. The molecular formula is C18H19N3O3S. The van der Waals surface area contributed by atoms with Gasteiger partial charge in [-0.25, -0.2) is 0 Å². The fraction of sp³-hybridized carbons (Fsp3) is 0.278. The van der Waals surface area contributed by atoms with Crippen LogP contribution >= 0.6 is 11.3 Å². The van der Waals surface area contributed by atoms with Gasteiger partial charge < -0.3 is 10.4 Å². The van der Waals surface area contributed by atoms with E-state index in [1.807, 2.05) is 48.0 Å². The third kappa shape index (κ3) is 3.71. The number of aromatic nitrogens is 2. The lowest BCUT2D eigenvalue weighted by atomic mass is 10.2. The van der Waals surface area contributed by atoms with Crippen LogP contribution in [0.2, 0.25) is 0 Å². The van der Waals surface area contributed by atoms with Crippen LogP contribution in [0.1, 0.15) is 27.9 Å². The smallest absolute Gasteiger partial charge is 0.308 e. The molecular weight excluding hydrogens is 338 g/mol. The van der Waals surface area contributed by atoms with Crippen LogP contribution in [0.3, 0.4) is 0 Å². The summed E-state index contributed by atoms with van der Waals surface area (Å²) in [6.07, 6.45) is 0. The van der Waals surface area contributed by atoms with Gasteiger partial charge in [-0.15, -0.1) is 11.3 Å². The first-order chi connectivity index (χ1) is 12.0. The van der Waals surface area contributed by atoms with E-state index in [0.717, 1.165) is 21.5 Å². The molecule has 1 aromatic carbocycles. The van der Waals surface area contributed by atoms with Crippen molar-refractivity contribution in [1.82, 2.24) is 15.1 Å². The molecule has 6 nitrogen and oxygen atoms in total. The maximum atomic E-state index is 12.3. The predicted molar refractivity (Wildman–Crippen MR) is 97.0 cm³/mol. The molecule has 0 aliphatic heterocycles. The van der Waals surface area contributed by atoms with E-state index in [1.54, 1.807) is 6.92 Å². The van der Waals surface area contributed by atoms with Crippen LogP contribution in [0.25, 0.3) is 10.2 Å². The third-order valence-corrected chi connectivity index (χ3v) is 5.14. The monoisotopic (exact) mass is 357 g/mol. The van der Waals surface area contributed by atoms with E-state index >= 15 is 0 Å². The van der Waals surface area contributed by atoms with Crippen molar-refractivity contribution in [1.29, 1.82) is 0 Å². The number of aliphatic carboxylic acids is 1. The van der Waals surface area contributed by atoms with Gasteiger partial charge in [-0.3, -0.25) is 14.3 Å². The number of thiophene rings is 1. The maximum absolute atomic E-state index is 12.3. The second kappa shape index (κ2) is 7.06. The highest BCUT2D eigenvalue weighted by Crippen LogP contribution is 2.28. The molecule has 2 heterocycles. The van der Waals surface area contributed by atoms with Gasteiger partial charge in [0, 0.05) is 11.9 Å². The van der Waals surface area contributed by atoms with E-state index in [1.165, 1.54) is 11.3 Å². The third-order valence-electron chi connectivity index (χ3n) is 4.00. The molecule has 1 unspecified atom stereocenters.